The van der Waals surface area contributed by atoms with E-state index in [-0.39, 0.29) is 0 Å². The van der Waals surface area contributed by atoms with Crippen LogP contribution in [0.3, 0.4) is 0 Å². The van der Waals surface area contributed by atoms with E-state index < -0.39 is 0 Å². The van der Waals surface area contributed by atoms with E-state index in [4.69, 9.17) is 4.74 Å². The lowest BCUT2D eigenvalue weighted by Gasteiger charge is -2.28. The number of anilines is 1. The van der Waals surface area contributed by atoms with Crippen LogP contribution in [0.5, 0.6) is 5.88 Å². The highest BCUT2D eigenvalue weighted by atomic mass is 16.5. The molecule has 19 heavy (non-hydrogen) atoms. The van der Waals surface area contributed by atoms with Gasteiger partial charge in [0.2, 0.25) is 11.8 Å². The number of aromatic nitrogens is 2. The van der Waals surface area contributed by atoms with Crippen molar-refractivity contribution < 1.29 is 4.74 Å². The summed E-state index contributed by atoms with van der Waals surface area (Å²) in [5, 5.41) is 6.87. The molecule has 0 radical (unpaired) electrons. The third-order valence-electron chi connectivity index (χ3n) is 3.24. The fourth-order valence-electron chi connectivity index (χ4n) is 2.33. The molecule has 1 aromatic rings. The Hall–Kier alpha value is -1.36. The molecule has 2 atom stereocenters. The summed E-state index contributed by atoms with van der Waals surface area (Å²) in [6.45, 7) is 8.01. The summed E-state index contributed by atoms with van der Waals surface area (Å²) in [7, 11) is 0. The lowest BCUT2D eigenvalue weighted by molar-refractivity contribution is 0.304. The fraction of sp³-hybridized carbons (Fsp3) is 0.714. The zero-order valence-corrected chi connectivity index (χ0v) is 12.1. The van der Waals surface area contributed by atoms with Crippen LogP contribution < -0.4 is 15.4 Å². The van der Waals surface area contributed by atoms with Crippen LogP contribution in [-0.2, 0) is 0 Å². The Morgan fingerprint density at radius 3 is 3.05 bits per heavy atom. The third-order valence-corrected chi connectivity index (χ3v) is 3.24. The van der Waals surface area contributed by atoms with Gasteiger partial charge in [-0.1, -0.05) is 6.92 Å². The van der Waals surface area contributed by atoms with Crippen molar-refractivity contribution in [1.29, 1.82) is 0 Å². The van der Waals surface area contributed by atoms with E-state index in [2.05, 4.69) is 34.4 Å². The predicted octanol–water partition coefficient (Wildman–Crippen LogP) is 2.13. The molecule has 0 aliphatic carbocycles. The van der Waals surface area contributed by atoms with Crippen LogP contribution in [0.1, 0.15) is 38.8 Å². The minimum absolute atomic E-state index is 0.442. The first-order valence-electron chi connectivity index (χ1n) is 7.15. The van der Waals surface area contributed by atoms with Gasteiger partial charge in [-0.05, 0) is 39.7 Å². The van der Waals surface area contributed by atoms with Crippen LogP contribution in [0.15, 0.2) is 6.07 Å². The van der Waals surface area contributed by atoms with E-state index in [0.717, 1.165) is 31.5 Å². The van der Waals surface area contributed by atoms with Crippen molar-refractivity contribution in [1.82, 2.24) is 15.3 Å². The van der Waals surface area contributed by atoms with Crippen molar-refractivity contribution in [2.75, 3.05) is 18.5 Å². The molecule has 2 heterocycles. The first-order valence-corrected chi connectivity index (χ1v) is 7.15. The predicted molar refractivity (Wildman–Crippen MR) is 76.7 cm³/mol. The molecule has 1 saturated heterocycles. The van der Waals surface area contributed by atoms with Gasteiger partial charge in [0.05, 0.1) is 6.61 Å². The molecular weight excluding hydrogens is 240 g/mol. The number of piperidine rings is 1. The maximum Gasteiger partial charge on any atom is 0.226 e. The molecular formula is C14H24N4O. The highest BCUT2D eigenvalue weighted by Crippen LogP contribution is 2.16. The molecule has 1 aliphatic rings. The van der Waals surface area contributed by atoms with Gasteiger partial charge in [0.25, 0.3) is 0 Å². The number of ether oxygens (including phenoxy) is 1. The Bertz CT molecular complexity index is 410. The van der Waals surface area contributed by atoms with E-state index in [1.165, 1.54) is 0 Å². The Balaban J connectivity index is 2.00. The van der Waals surface area contributed by atoms with Crippen molar-refractivity contribution in [2.45, 2.75) is 52.1 Å². The minimum atomic E-state index is 0.442. The van der Waals surface area contributed by atoms with Gasteiger partial charge in [-0.3, -0.25) is 0 Å². The first-order chi connectivity index (χ1) is 9.17. The van der Waals surface area contributed by atoms with Crippen LogP contribution >= 0.6 is 0 Å². The summed E-state index contributed by atoms with van der Waals surface area (Å²) in [5.74, 6) is 1.35. The average molecular weight is 264 g/mol. The molecule has 5 heteroatoms. The van der Waals surface area contributed by atoms with Gasteiger partial charge < -0.3 is 15.4 Å². The lowest BCUT2D eigenvalue weighted by Crippen LogP contribution is -2.41. The molecule has 106 valence electrons. The zero-order valence-electron chi connectivity index (χ0n) is 12.1. The number of aryl methyl sites for hydroxylation is 1. The van der Waals surface area contributed by atoms with Crippen LogP contribution in [0.4, 0.5) is 5.95 Å². The van der Waals surface area contributed by atoms with Gasteiger partial charge in [-0.15, -0.1) is 0 Å². The summed E-state index contributed by atoms with van der Waals surface area (Å²) >= 11 is 0. The van der Waals surface area contributed by atoms with Gasteiger partial charge in [0, 0.05) is 23.8 Å². The molecule has 0 saturated carbocycles. The molecule has 5 nitrogen and oxygen atoms in total. The molecule has 2 rings (SSSR count). The molecule has 0 aromatic carbocycles. The Morgan fingerprint density at radius 2 is 2.32 bits per heavy atom. The van der Waals surface area contributed by atoms with Crippen LogP contribution in [0.2, 0.25) is 0 Å². The molecule has 0 amide bonds. The van der Waals surface area contributed by atoms with Crippen LogP contribution in [0.25, 0.3) is 0 Å². The standard InChI is InChI=1S/C14H24N4O/c1-4-7-19-13-9-11(3)16-14(18-13)17-12-5-6-15-10(2)8-12/h9-10,12,15H,4-8H2,1-3H3,(H,16,17,18). The summed E-state index contributed by atoms with van der Waals surface area (Å²) in [4.78, 5) is 8.86. The normalized spacial score (nSPS) is 23.1. The fourth-order valence-corrected chi connectivity index (χ4v) is 2.33. The summed E-state index contributed by atoms with van der Waals surface area (Å²) in [6.07, 6.45) is 3.19. The molecule has 0 bridgehead atoms. The second kappa shape index (κ2) is 6.70. The van der Waals surface area contributed by atoms with Crippen molar-refractivity contribution in [3.05, 3.63) is 11.8 Å². The Labute approximate surface area is 115 Å². The number of nitrogens with zero attached hydrogens (tertiary/aromatic N) is 2. The summed E-state index contributed by atoms with van der Waals surface area (Å²) in [6, 6.07) is 2.87. The van der Waals surface area contributed by atoms with E-state index in [1.807, 2.05) is 13.0 Å². The molecule has 1 aromatic heterocycles. The highest BCUT2D eigenvalue weighted by molar-refractivity contribution is 5.32. The van der Waals surface area contributed by atoms with Crippen LogP contribution in [0, 0.1) is 6.92 Å². The van der Waals surface area contributed by atoms with Gasteiger partial charge in [-0.25, -0.2) is 4.98 Å². The molecule has 1 fully saturated rings. The van der Waals surface area contributed by atoms with E-state index in [9.17, 15) is 0 Å². The number of hydrogen-bond acceptors (Lipinski definition) is 5. The van der Waals surface area contributed by atoms with Crippen molar-refractivity contribution in [3.8, 4) is 5.88 Å². The maximum atomic E-state index is 5.58. The summed E-state index contributed by atoms with van der Waals surface area (Å²) in [5.41, 5.74) is 0.936. The quantitative estimate of drug-likeness (QED) is 0.853. The molecule has 0 spiro atoms. The smallest absolute Gasteiger partial charge is 0.226 e. The molecule has 1 aliphatic heterocycles. The SMILES string of the molecule is CCCOc1cc(C)nc(NC2CCNC(C)C2)n1. The second-order valence-electron chi connectivity index (χ2n) is 5.24. The Morgan fingerprint density at radius 1 is 1.47 bits per heavy atom. The van der Waals surface area contributed by atoms with Gasteiger partial charge in [-0.2, -0.15) is 4.98 Å². The van der Waals surface area contributed by atoms with Gasteiger partial charge in [0.15, 0.2) is 0 Å². The molecule has 2 unspecified atom stereocenters. The zero-order chi connectivity index (χ0) is 13.7. The monoisotopic (exact) mass is 264 g/mol. The van der Waals surface area contributed by atoms with Crippen molar-refractivity contribution in [2.24, 2.45) is 0 Å². The van der Waals surface area contributed by atoms with Crippen molar-refractivity contribution >= 4 is 5.95 Å². The largest absolute Gasteiger partial charge is 0.478 e. The number of rotatable bonds is 5. The van der Waals surface area contributed by atoms with Crippen molar-refractivity contribution in [3.63, 3.8) is 0 Å². The highest BCUT2D eigenvalue weighted by Gasteiger charge is 2.19. The first kappa shape index (κ1) is 14.1. The topological polar surface area (TPSA) is 59.1 Å². The van der Waals surface area contributed by atoms with Gasteiger partial charge >= 0.3 is 0 Å². The van der Waals surface area contributed by atoms with Gasteiger partial charge in [0.1, 0.15) is 0 Å². The maximum absolute atomic E-state index is 5.58. The molecule has 2 N–H and O–H groups in total. The lowest BCUT2D eigenvalue weighted by atomic mass is 10.0. The third kappa shape index (κ3) is 4.35. The minimum Gasteiger partial charge on any atom is -0.478 e. The van der Waals surface area contributed by atoms with Crippen LogP contribution in [-0.4, -0.2) is 35.2 Å². The second-order valence-corrected chi connectivity index (χ2v) is 5.24. The Kier molecular flexibility index (Phi) is 4.96. The van der Waals surface area contributed by atoms with E-state index in [1.54, 1.807) is 0 Å². The van der Waals surface area contributed by atoms with E-state index >= 15 is 0 Å². The van der Waals surface area contributed by atoms with E-state index in [0.29, 0.717) is 30.5 Å². The number of hydrogen-bond donors (Lipinski definition) is 2. The summed E-state index contributed by atoms with van der Waals surface area (Å²) < 4.78 is 5.58. The average Bonchev–Trinajstić information content (AvgIpc) is 2.35. The number of nitrogens with one attached hydrogen (secondary N) is 2.